The van der Waals surface area contributed by atoms with Crippen LogP contribution in [0.3, 0.4) is 0 Å². The van der Waals surface area contributed by atoms with E-state index in [1.165, 1.54) is 19.2 Å². The first-order valence-corrected chi connectivity index (χ1v) is 5.07. The number of carbonyl (C=O) groups is 1. The van der Waals surface area contributed by atoms with Gasteiger partial charge in [0.15, 0.2) is 11.5 Å². The standard InChI is InChI=1S/C12H10FNO4/c1-6-8(13)3-7(4-10(6)17-2)11-5-9(12(15)16)14-18-11/h3-5H,1-2H3,(H,15,16). The van der Waals surface area contributed by atoms with E-state index in [1.807, 2.05) is 0 Å². The molecule has 6 heteroatoms. The van der Waals surface area contributed by atoms with Crippen molar-refractivity contribution < 1.29 is 23.6 Å². The lowest BCUT2D eigenvalue weighted by Crippen LogP contribution is -1.94. The molecule has 0 fully saturated rings. The lowest BCUT2D eigenvalue weighted by molar-refractivity contribution is 0.0686. The second kappa shape index (κ2) is 4.48. The smallest absolute Gasteiger partial charge is 0.358 e. The minimum absolute atomic E-state index is 0.171. The number of benzene rings is 1. The van der Waals surface area contributed by atoms with Crippen LogP contribution >= 0.6 is 0 Å². The van der Waals surface area contributed by atoms with Gasteiger partial charge < -0.3 is 14.4 Å². The molecule has 0 atom stereocenters. The van der Waals surface area contributed by atoms with Crippen LogP contribution < -0.4 is 4.74 Å². The van der Waals surface area contributed by atoms with Crippen LogP contribution in [-0.2, 0) is 0 Å². The third kappa shape index (κ3) is 2.04. The highest BCUT2D eigenvalue weighted by atomic mass is 19.1. The van der Waals surface area contributed by atoms with Crippen molar-refractivity contribution in [2.45, 2.75) is 6.92 Å². The van der Waals surface area contributed by atoms with Crippen LogP contribution in [0.4, 0.5) is 4.39 Å². The third-order valence-corrected chi connectivity index (χ3v) is 2.53. The Balaban J connectivity index is 2.50. The van der Waals surface area contributed by atoms with Gasteiger partial charge in [-0.3, -0.25) is 0 Å². The fourth-order valence-electron chi connectivity index (χ4n) is 1.52. The van der Waals surface area contributed by atoms with E-state index in [2.05, 4.69) is 5.16 Å². The topological polar surface area (TPSA) is 72.6 Å². The van der Waals surface area contributed by atoms with Crippen molar-refractivity contribution in [1.29, 1.82) is 0 Å². The molecular weight excluding hydrogens is 241 g/mol. The Hall–Kier alpha value is -2.37. The zero-order valence-corrected chi connectivity index (χ0v) is 9.73. The molecule has 1 aromatic carbocycles. The fraction of sp³-hybridized carbons (Fsp3) is 0.167. The second-order valence-corrected chi connectivity index (χ2v) is 3.67. The molecule has 94 valence electrons. The maximum absolute atomic E-state index is 13.6. The highest BCUT2D eigenvalue weighted by Gasteiger charge is 2.15. The first kappa shape index (κ1) is 12.1. The highest BCUT2D eigenvalue weighted by Crippen LogP contribution is 2.29. The lowest BCUT2D eigenvalue weighted by Gasteiger charge is -2.07. The minimum Gasteiger partial charge on any atom is -0.496 e. The van der Waals surface area contributed by atoms with Crippen molar-refractivity contribution in [3.8, 4) is 17.1 Å². The molecule has 0 aliphatic heterocycles. The van der Waals surface area contributed by atoms with Crippen molar-refractivity contribution in [2.24, 2.45) is 0 Å². The van der Waals surface area contributed by atoms with Crippen molar-refractivity contribution in [3.05, 3.63) is 35.3 Å². The number of methoxy groups -OCH3 is 1. The van der Waals surface area contributed by atoms with Gasteiger partial charge in [-0.15, -0.1) is 0 Å². The SMILES string of the molecule is COc1cc(-c2cc(C(=O)O)no2)cc(F)c1C. The van der Waals surface area contributed by atoms with Crippen LogP contribution in [0.1, 0.15) is 16.1 Å². The fourth-order valence-corrected chi connectivity index (χ4v) is 1.52. The minimum atomic E-state index is -1.20. The molecule has 0 spiro atoms. The summed E-state index contributed by atoms with van der Waals surface area (Å²) in [5, 5.41) is 12.1. The number of carboxylic acid groups (broad SMARTS) is 1. The Bertz CT molecular complexity index is 606. The average molecular weight is 251 g/mol. The van der Waals surface area contributed by atoms with Crippen LogP contribution in [0.5, 0.6) is 5.75 Å². The maximum atomic E-state index is 13.6. The van der Waals surface area contributed by atoms with Gasteiger partial charge in [0.1, 0.15) is 11.6 Å². The molecule has 1 N–H and O–H groups in total. The first-order valence-electron chi connectivity index (χ1n) is 5.07. The Morgan fingerprint density at radius 2 is 2.17 bits per heavy atom. The summed E-state index contributed by atoms with van der Waals surface area (Å²) >= 11 is 0. The summed E-state index contributed by atoms with van der Waals surface area (Å²) < 4.78 is 23.5. The van der Waals surface area contributed by atoms with E-state index in [4.69, 9.17) is 14.4 Å². The second-order valence-electron chi connectivity index (χ2n) is 3.67. The number of aromatic carboxylic acids is 1. The lowest BCUT2D eigenvalue weighted by atomic mass is 10.1. The van der Waals surface area contributed by atoms with Crippen LogP contribution in [0.15, 0.2) is 22.7 Å². The maximum Gasteiger partial charge on any atom is 0.358 e. The number of hydrogen-bond donors (Lipinski definition) is 1. The summed E-state index contributed by atoms with van der Waals surface area (Å²) in [4.78, 5) is 10.7. The Morgan fingerprint density at radius 1 is 1.44 bits per heavy atom. The van der Waals surface area contributed by atoms with E-state index in [0.717, 1.165) is 0 Å². The summed E-state index contributed by atoms with van der Waals surface area (Å²) in [6.07, 6.45) is 0. The molecule has 18 heavy (non-hydrogen) atoms. The summed E-state index contributed by atoms with van der Waals surface area (Å²) in [5.41, 5.74) is 0.513. The molecule has 0 aliphatic carbocycles. The number of carboxylic acids is 1. The van der Waals surface area contributed by atoms with Crippen molar-refractivity contribution in [3.63, 3.8) is 0 Å². The molecule has 2 aromatic rings. The quantitative estimate of drug-likeness (QED) is 0.907. The van der Waals surface area contributed by atoms with E-state index in [1.54, 1.807) is 13.0 Å². The zero-order chi connectivity index (χ0) is 13.3. The molecule has 1 aromatic heterocycles. The number of rotatable bonds is 3. The molecule has 0 unspecified atom stereocenters. The largest absolute Gasteiger partial charge is 0.496 e. The summed E-state index contributed by atoms with van der Waals surface area (Å²) in [6.45, 7) is 1.58. The van der Waals surface area contributed by atoms with Gasteiger partial charge in [0.05, 0.1) is 7.11 Å². The van der Waals surface area contributed by atoms with Crippen molar-refractivity contribution >= 4 is 5.97 Å². The first-order chi connectivity index (χ1) is 8.52. The van der Waals surface area contributed by atoms with Gasteiger partial charge >= 0.3 is 5.97 Å². The molecule has 1 heterocycles. The molecule has 0 bridgehead atoms. The average Bonchev–Trinajstić information content (AvgIpc) is 2.82. The molecule has 0 amide bonds. The van der Waals surface area contributed by atoms with E-state index < -0.39 is 11.8 Å². The highest BCUT2D eigenvalue weighted by molar-refractivity contribution is 5.86. The third-order valence-electron chi connectivity index (χ3n) is 2.53. The van der Waals surface area contributed by atoms with E-state index in [0.29, 0.717) is 16.9 Å². The molecule has 0 radical (unpaired) electrons. The van der Waals surface area contributed by atoms with E-state index in [9.17, 15) is 9.18 Å². The predicted octanol–water partition coefficient (Wildman–Crippen LogP) is 2.50. The van der Waals surface area contributed by atoms with Gasteiger partial charge in [-0.05, 0) is 19.1 Å². The van der Waals surface area contributed by atoms with Crippen molar-refractivity contribution in [1.82, 2.24) is 5.16 Å². The van der Waals surface area contributed by atoms with Gasteiger partial charge in [0, 0.05) is 17.2 Å². The van der Waals surface area contributed by atoms with Gasteiger partial charge in [-0.25, -0.2) is 9.18 Å². The Morgan fingerprint density at radius 3 is 2.72 bits per heavy atom. The molecule has 2 rings (SSSR count). The number of ether oxygens (including phenoxy) is 1. The predicted molar refractivity (Wildman–Crippen MR) is 60.1 cm³/mol. The molecular formula is C12H10FNO4. The number of hydrogen-bond acceptors (Lipinski definition) is 4. The zero-order valence-electron chi connectivity index (χ0n) is 9.73. The van der Waals surface area contributed by atoms with Crippen LogP contribution in [0, 0.1) is 12.7 Å². The monoisotopic (exact) mass is 251 g/mol. The van der Waals surface area contributed by atoms with Crippen LogP contribution in [0.2, 0.25) is 0 Å². The summed E-state index contributed by atoms with van der Waals surface area (Å²) in [6, 6.07) is 4.03. The molecule has 5 nitrogen and oxygen atoms in total. The Labute approximate surface area is 102 Å². The number of aromatic nitrogens is 1. The van der Waals surface area contributed by atoms with E-state index >= 15 is 0 Å². The van der Waals surface area contributed by atoms with Gasteiger partial charge in [0.2, 0.25) is 0 Å². The van der Waals surface area contributed by atoms with Gasteiger partial charge in [-0.2, -0.15) is 0 Å². The van der Waals surface area contributed by atoms with E-state index in [-0.39, 0.29) is 11.5 Å². The summed E-state index contributed by atoms with van der Waals surface area (Å²) in [5.74, 6) is -1.13. The molecule has 0 aliphatic rings. The van der Waals surface area contributed by atoms with Gasteiger partial charge in [0.25, 0.3) is 0 Å². The molecule has 0 saturated heterocycles. The van der Waals surface area contributed by atoms with Crippen molar-refractivity contribution in [2.75, 3.05) is 7.11 Å². The van der Waals surface area contributed by atoms with Gasteiger partial charge in [-0.1, -0.05) is 5.16 Å². The number of halogens is 1. The van der Waals surface area contributed by atoms with Crippen LogP contribution in [0.25, 0.3) is 11.3 Å². The summed E-state index contributed by atoms with van der Waals surface area (Å²) in [7, 11) is 1.43. The Kier molecular flexibility index (Phi) is 3.01. The van der Waals surface area contributed by atoms with Crippen LogP contribution in [-0.4, -0.2) is 23.3 Å². The number of nitrogens with zero attached hydrogens (tertiary/aromatic N) is 1. The normalized spacial score (nSPS) is 10.4. The molecule has 0 saturated carbocycles.